The second kappa shape index (κ2) is 4.58. The molecule has 1 aromatic rings. The first kappa shape index (κ1) is 11.0. The number of amides is 1. The number of aromatic nitrogens is 3. The number of carbonyl (C=O) groups is 1. The molecule has 1 atom stereocenters. The van der Waals surface area contributed by atoms with Gasteiger partial charge in [0, 0.05) is 19.6 Å². The van der Waals surface area contributed by atoms with Crippen LogP contribution in [0.1, 0.15) is 23.5 Å². The molecule has 2 rings (SSSR count). The lowest BCUT2D eigenvalue weighted by molar-refractivity contribution is 0.0919. The van der Waals surface area contributed by atoms with E-state index in [2.05, 4.69) is 20.9 Å². The summed E-state index contributed by atoms with van der Waals surface area (Å²) in [6.45, 7) is 3.55. The zero-order valence-corrected chi connectivity index (χ0v) is 9.05. The van der Waals surface area contributed by atoms with Gasteiger partial charge in [0.25, 0.3) is 5.91 Å². The van der Waals surface area contributed by atoms with E-state index in [-0.39, 0.29) is 18.1 Å². The molecule has 1 aromatic heterocycles. The first-order chi connectivity index (χ1) is 7.66. The van der Waals surface area contributed by atoms with Gasteiger partial charge in [-0.25, -0.2) is 4.68 Å². The average Bonchev–Trinajstić information content (AvgIpc) is 2.60. The summed E-state index contributed by atoms with van der Waals surface area (Å²) in [5, 5.41) is 22.4. The maximum atomic E-state index is 11.5. The molecule has 2 heterocycles. The lowest BCUT2D eigenvalue weighted by atomic mass is 10.2. The molecule has 7 nitrogen and oxygen atoms in total. The summed E-state index contributed by atoms with van der Waals surface area (Å²) in [6, 6.07) is 0.297. The van der Waals surface area contributed by atoms with Gasteiger partial charge in [0.15, 0.2) is 5.69 Å². The van der Waals surface area contributed by atoms with Gasteiger partial charge >= 0.3 is 0 Å². The van der Waals surface area contributed by atoms with Gasteiger partial charge in [-0.05, 0) is 6.92 Å². The van der Waals surface area contributed by atoms with Gasteiger partial charge in [0.1, 0.15) is 0 Å². The molecular weight excluding hydrogens is 210 g/mol. The van der Waals surface area contributed by atoms with Crippen LogP contribution in [0.25, 0.3) is 0 Å². The number of hydrogen-bond acceptors (Lipinski definition) is 5. The summed E-state index contributed by atoms with van der Waals surface area (Å²) in [5.74, 6) is -0.306. The Kier molecular flexibility index (Phi) is 3.16. The third-order valence-electron chi connectivity index (χ3n) is 2.44. The number of aliphatic hydroxyl groups is 1. The zero-order valence-electron chi connectivity index (χ0n) is 9.05. The van der Waals surface area contributed by atoms with Gasteiger partial charge in [-0.1, -0.05) is 5.21 Å². The first-order valence-electron chi connectivity index (χ1n) is 5.25. The minimum Gasteiger partial charge on any atom is -0.392 e. The first-order valence-corrected chi connectivity index (χ1v) is 5.25. The van der Waals surface area contributed by atoms with Gasteiger partial charge in [-0.2, -0.15) is 0 Å². The predicted octanol–water partition coefficient (Wildman–Crippen LogP) is -1.47. The minimum absolute atomic E-state index is 0.219. The number of hydrogen-bond donors (Lipinski definition) is 3. The van der Waals surface area contributed by atoms with Gasteiger partial charge < -0.3 is 15.7 Å². The van der Waals surface area contributed by atoms with Gasteiger partial charge in [-0.3, -0.25) is 4.79 Å². The summed E-state index contributed by atoms with van der Waals surface area (Å²) in [6.07, 6.45) is 1.07. The van der Waals surface area contributed by atoms with E-state index in [1.165, 1.54) is 0 Å². The van der Waals surface area contributed by atoms with E-state index in [4.69, 9.17) is 5.11 Å². The lowest BCUT2D eigenvalue weighted by Crippen LogP contribution is -2.43. The highest BCUT2D eigenvalue weighted by Crippen LogP contribution is 2.09. The van der Waals surface area contributed by atoms with Crippen molar-refractivity contribution < 1.29 is 9.90 Å². The van der Waals surface area contributed by atoms with E-state index < -0.39 is 6.10 Å². The highest BCUT2D eigenvalue weighted by Gasteiger charge is 2.21. The van der Waals surface area contributed by atoms with E-state index in [0.29, 0.717) is 6.04 Å². The molecule has 1 aliphatic rings. The Hall–Kier alpha value is -1.47. The summed E-state index contributed by atoms with van der Waals surface area (Å²) >= 11 is 0. The van der Waals surface area contributed by atoms with Crippen molar-refractivity contribution >= 4 is 5.91 Å². The Morgan fingerprint density at radius 1 is 1.81 bits per heavy atom. The minimum atomic E-state index is -0.560. The van der Waals surface area contributed by atoms with E-state index in [9.17, 15) is 4.79 Å². The van der Waals surface area contributed by atoms with Crippen molar-refractivity contribution in [2.45, 2.75) is 19.1 Å². The summed E-state index contributed by atoms with van der Waals surface area (Å²) in [7, 11) is 0. The molecule has 1 aliphatic heterocycles. The predicted molar refractivity (Wildman–Crippen MR) is 55.9 cm³/mol. The molecule has 0 saturated carbocycles. The second-order valence-corrected chi connectivity index (χ2v) is 3.95. The standard InChI is InChI=1S/C9H15N5O2/c1-6(15)2-11-9(16)8-5-14(13-12-8)7-3-10-4-7/h5-7,10,15H,2-4H2,1H3,(H,11,16). The van der Waals surface area contributed by atoms with Crippen molar-refractivity contribution in [2.75, 3.05) is 19.6 Å². The third-order valence-corrected chi connectivity index (χ3v) is 2.44. The second-order valence-electron chi connectivity index (χ2n) is 3.95. The van der Waals surface area contributed by atoms with Crippen molar-refractivity contribution in [3.8, 4) is 0 Å². The molecule has 1 saturated heterocycles. The van der Waals surface area contributed by atoms with Crippen LogP contribution in [0.4, 0.5) is 0 Å². The van der Waals surface area contributed by atoms with Crippen molar-refractivity contribution in [1.29, 1.82) is 0 Å². The Morgan fingerprint density at radius 3 is 3.12 bits per heavy atom. The fourth-order valence-corrected chi connectivity index (χ4v) is 1.35. The molecule has 0 bridgehead atoms. The highest BCUT2D eigenvalue weighted by molar-refractivity contribution is 5.91. The number of rotatable bonds is 4. The fourth-order valence-electron chi connectivity index (χ4n) is 1.35. The van der Waals surface area contributed by atoms with Crippen LogP contribution in [0.3, 0.4) is 0 Å². The molecule has 3 N–H and O–H groups in total. The molecule has 88 valence electrons. The van der Waals surface area contributed by atoms with Crippen molar-refractivity contribution in [1.82, 2.24) is 25.6 Å². The zero-order chi connectivity index (χ0) is 11.5. The van der Waals surface area contributed by atoms with E-state index in [1.54, 1.807) is 17.8 Å². The Bertz CT molecular complexity index is 372. The lowest BCUT2D eigenvalue weighted by Gasteiger charge is -2.26. The van der Waals surface area contributed by atoms with Crippen LogP contribution in [-0.4, -0.2) is 51.7 Å². The topological polar surface area (TPSA) is 92.1 Å². The maximum Gasteiger partial charge on any atom is 0.273 e. The van der Waals surface area contributed by atoms with E-state index in [0.717, 1.165) is 13.1 Å². The molecule has 0 aliphatic carbocycles. The number of carbonyl (C=O) groups excluding carboxylic acids is 1. The Morgan fingerprint density at radius 2 is 2.56 bits per heavy atom. The smallest absolute Gasteiger partial charge is 0.273 e. The number of aliphatic hydroxyl groups excluding tert-OH is 1. The molecule has 16 heavy (non-hydrogen) atoms. The molecule has 0 spiro atoms. The SMILES string of the molecule is CC(O)CNC(=O)c1cn(C2CNC2)nn1. The molecule has 1 fully saturated rings. The average molecular weight is 225 g/mol. The molecule has 0 radical (unpaired) electrons. The summed E-state index contributed by atoms with van der Waals surface area (Å²) in [4.78, 5) is 11.5. The van der Waals surface area contributed by atoms with Crippen LogP contribution in [0.5, 0.6) is 0 Å². The number of nitrogens with one attached hydrogen (secondary N) is 2. The van der Waals surface area contributed by atoms with Crippen LogP contribution in [0.2, 0.25) is 0 Å². The summed E-state index contributed by atoms with van der Waals surface area (Å²) < 4.78 is 1.69. The molecule has 7 heteroatoms. The van der Waals surface area contributed by atoms with Crippen molar-refractivity contribution in [3.63, 3.8) is 0 Å². The largest absolute Gasteiger partial charge is 0.392 e. The van der Waals surface area contributed by atoms with E-state index >= 15 is 0 Å². The molecular formula is C9H15N5O2. The van der Waals surface area contributed by atoms with Crippen LogP contribution >= 0.6 is 0 Å². The summed E-state index contributed by atoms with van der Waals surface area (Å²) in [5.41, 5.74) is 0.285. The Balaban J connectivity index is 1.92. The number of nitrogens with zero attached hydrogens (tertiary/aromatic N) is 3. The Labute approximate surface area is 92.8 Å². The van der Waals surface area contributed by atoms with Crippen LogP contribution in [0, 0.1) is 0 Å². The van der Waals surface area contributed by atoms with E-state index in [1.807, 2.05) is 0 Å². The molecule has 1 amide bonds. The maximum absolute atomic E-state index is 11.5. The monoisotopic (exact) mass is 225 g/mol. The third kappa shape index (κ3) is 2.37. The molecule has 0 aromatic carbocycles. The van der Waals surface area contributed by atoms with Gasteiger partial charge in [0.2, 0.25) is 0 Å². The van der Waals surface area contributed by atoms with Crippen LogP contribution in [-0.2, 0) is 0 Å². The van der Waals surface area contributed by atoms with Crippen LogP contribution < -0.4 is 10.6 Å². The fraction of sp³-hybridized carbons (Fsp3) is 0.667. The van der Waals surface area contributed by atoms with Gasteiger partial charge in [-0.15, -0.1) is 5.10 Å². The van der Waals surface area contributed by atoms with Crippen molar-refractivity contribution in [3.05, 3.63) is 11.9 Å². The van der Waals surface area contributed by atoms with Crippen LogP contribution in [0.15, 0.2) is 6.20 Å². The highest BCUT2D eigenvalue weighted by atomic mass is 16.3. The molecule has 1 unspecified atom stereocenters. The van der Waals surface area contributed by atoms with Gasteiger partial charge in [0.05, 0.1) is 18.3 Å². The quantitative estimate of drug-likeness (QED) is 0.582. The van der Waals surface area contributed by atoms with Crippen molar-refractivity contribution in [2.24, 2.45) is 0 Å². The normalized spacial score (nSPS) is 17.9.